The molecule has 1 aliphatic rings. The summed E-state index contributed by atoms with van der Waals surface area (Å²) in [6.45, 7) is 2.32. The van der Waals surface area contributed by atoms with Crippen molar-refractivity contribution in [2.45, 2.75) is 32.2 Å². The van der Waals surface area contributed by atoms with Gasteiger partial charge in [-0.15, -0.1) is 0 Å². The van der Waals surface area contributed by atoms with Gasteiger partial charge in [-0.25, -0.2) is 9.97 Å². The second-order valence-electron chi connectivity index (χ2n) is 8.69. The fraction of sp³-hybridized carbons (Fsp3) is 0.269. The normalized spacial score (nSPS) is 13.1. The molecule has 0 radical (unpaired) electrons. The van der Waals surface area contributed by atoms with Gasteiger partial charge in [0, 0.05) is 44.0 Å². The van der Waals surface area contributed by atoms with Crippen molar-refractivity contribution in [2.24, 2.45) is 0 Å². The second kappa shape index (κ2) is 8.70. The molecule has 0 atom stereocenters. The molecule has 34 heavy (non-hydrogen) atoms. The minimum Gasteiger partial charge on any atom is -0.355 e. The van der Waals surface area contributed by atoms with E-state index in [9.17, 15) is 9.59 Å². The summed E-state index contributed by atoms with van der Waals surface area (Å²) in [5, 5.41) is 8.05. The summed E-state index contributed by atoms with van der Waals surface area (Å²) in [4.78, 5) is 36.5. The molecule has 0 saturated heterocycles. The molecule has 8 nitrogen and oxygen atoms in total. The lowest BCUT2D eigenvalue weighted by Gasteiger charge is -2.19. The Morgan fingerprint density at radius 2 is 1.91 bits per heavy atom. The summed E-state index contributed by atoms with van der Waals surface area (Å²) in [6.07, 6.45) is 3.88. The van der Waals surface area contributed by atoms with Gasteiger partial charge in [0.2, 0.25) is 0 Å². The van der Waals surface area contributed by atoms with Crippen LogP contribution in [0.15, 0.2) is 54.7 Å². The molecule has 0 aliphatic heterocycles. The molecule has 1 saturated carbocycles. The smallest absolute Gasteiger partial charge is 0.254 e. The number of carbonyl (C=O) groups is 2. The minimum atomic E-state index is -0.136. The van der Waals surface area contributed by atoms with Gasteiger partial charge >= 0.3 is 0 Å². The Kier molecular flexibility index (Phi) is 5.57. The maximum Gasteiger partial charge on any atom is 0.254 e. The quantitative estimate of drug-likeness (QED) is 0.480. The second-order valence-corrected chi connectivity index (χ2v) is 8.69. The summed E-state index contributed by atoms with van der Waals surface area (Å²) >= 11 is 0. The molecule has 4 aromatic rings. The van der Waals surface area contributed by atoms with E-state index in [1.54, 1.807) is 42.0 Å². The molecule has 0 bridgehead atoms. The number of fused-ring (bicyclic) bond motifs is 1. The number of hydrogen-bond donors (Lipinski definition) is 1. The van der Waals surface area contributed by atoms with Crippen LogP contribution in [0.4, 0.5) is 0 Å². The molecule has 1 aromatic carbocycles. The maximum atomic E-state index is 13.7. The number of nitrogens with one attached hydrogen (secondary N) is 1. The molecular weight excluding hydrogens is 428 g/mol. The fourth-order valence-electron chi connectivity index (χ4n) is 4.16. The number of pyridine rings is 2. The van der Waals surface area contributed by atoms with E-state index in [-0.39, 0.29) is 11.8 Å². The number of rotatable bonds is 6. The number of hydrogen-bond acceptors (Lipinski definition) is 5. The van der Waals surface area contributed by atoms with Gasteiger partial charge in [-0.1, -0.05) is 18.2 Å². The number of nitrogens with zero attached hydrogens (tertiary/aromatic N) is 5. The van der Waals surface area contributed by atoms with Crippen molar-refractivity contribution in [1.82, 2.24) is 30.0 Å². The molecule has 1 fully saturated rings. The van der Waals surface area contributed by atoms with Gasteiger partial charge in [0.15, 0.2) is 11.5 Å². The Morgan fingerprint density at radius 3 is 2.56 bits per heavy atom. The van der Waals surface area contributed by atoms with Crippen LogP contribution in [-0.4, -0.2) is 50.6 Å². The Labute approximate surface area is 197 Å². The summed E-state index contributed by atoms with van der Waals surface area (Å²) in [5.74, 6) is 0.825. The van der Waals surface area contributed by atoms with Crippen LogP contribution < -0.4 is 5.32 Å². The van der Waals surface area contributed by atoms with E-state index in [2.05, 4.69) is 15.4 Å². The van der Waals surface area contributed by atoms with E-state index in [1.807, 2.05) is 43.3 Å². The van der Waals surface area contributed by atoms with Gasteiger partial charge < -0.3 is 10.2 Å². The first-order chi connectivity index (χ1) is 16.5. The van der Waals surface area contributed by atoms with Crippen LogP contribution in [0.2, 0.25) is 0 Å². The molecule has 1 N–H and O–H groups in total. The molecule has 3 heterocycles. The molecule has 0 spiro atoms. The maximum absolute atomic E-state index is 13.7. The van der Waals surface area contributed by atoms with Crippen molar-refractivity contribution < 1.29 is 9.59 Å². The molecule has 172 valence electrons. The summed E-state index contributed by atoms with van der Waals surface area (Å²) in [7, 11) is 3.39. The standard InChI is InChI=1S/C26H26N6O2/c1-16-23-20(26(34)31(3)15-17-7-9-19(10-8-17)25(33)27-2)14-21(18-11-12-18)29-24(23)32(30-16)22-6-4-5-13-28-22/h4-10,13-14,18H,11-12,15H2,1-3H3,(H,27,33). The van der Waals surface area contributed by atoms with Gasteiger partial charge in [-0.05, 0) is 55.7 Å². The number of aryl methyl sites for hydroxylation is 1. The largest absolute Gasteiger partial charge is 0.355 e. The average Bonchev–Trinajstić information content (AvgIpc) is 3.67. The average molecular weight is 455 g/mol. The Bertz CT molecular complexity index is 1370. The highest BCUT2D eigenvalue weighted by atomic mass is 16.2. The van der Waals surface area contributed by atoms with Crippen molar-refractivity contribution in [3.63, 3.8) is 0 Å². The third-order valence-electron chi connectivity index (χ3n) is 6.13. The third-order valence-corrected chi connectivity index (χ3v) is 6.13. The Morgan fingerprint density at radius 1 is 1.15 bits per heavy atom. The molecule has 3 aromatic heterocycles. The monoisotopic (exact) mass is 454 g/mol. The van der Waals surface area contributed by atoms with Crippen molar-refractivity contribution >= 4 is 22.8 Å². The summed E-state index contributed by atoms with van der Waals surface area (Å²) < 4.78 is 1.73. The lowest BCUT2D eigenvalue weighted by molar-refractivity contribution is 0.0786. The van der Waals surface area contributed by atoms with Crippen molar-refractivity contribution in [3.8, 4) is 5.82 Å². The van der Waals surface area contributed by atoms with Crippen LogP contribution >= 0.6 is 0 Å². The number of benzene rings is 1. The topological polar surface area (TPSA) is 93.0 Å². The lowest BCUT2D eigenvalue weighted by atomic mass is 10.1. The van der Waals surface area contributed by atoms with Gasteiger partial charge in [-0.3, -0.25) is 9.59 Å². The first-order valence-corrected chi connectivity index (χ1v) is 11.3. The molecule has 1 aliphatic carbocycles. The molecular formula is C26H26N6O2. The van der Waals surface area contributed by atoms with Crippen LogP contribution in [0, 0.1) is 6.92 Å². The van der Waals surface area contributed by atoms with Gasteiger partial charge in [0.25, 0.3) is 11.8 Å². The van der Waals surface area contributed by atoms with E-state index in [1.165, 1.54) is 0 Å². The Hall–Kier alpha value is -4.07. The summed E-state index contributed by atoms with van der Waals surface area (Å²) in [6, 6.07) is 14.9. The third kappa shape index (κ3) is 4.03. The number of amides is 2. The minimum absolute atomic E-state index is 0.0895. The van der Waals surface area contributed by atoms with Gasteiger partial charge in [-0.2, -0.15) is 9.78 Å². The van der Waals surface area contributed by atoms with Crippen LogP contribution in [0.1, 0.15) is 56.4 Å². The van der Waals surface area contributed by atoms with Crippen molar-refractivity contribution in [1.29, 1.82) is 0 Å². The van der Waals surface area contributed by atoms with Crippen LogP contribution in [0.25, 0.3) is 16.9 Å². The van der Waals surface area contributed by atoms with E-state index in [4.69, 9.17) is 4.98 Å². The zero-order chi connectivity index (χ0) is 23.8. The van der Waals surface area contributed by atoms with E-state index >= 15 is 0 Å². The SMILES string of the molecule is CNC(=O)c1ccc(CN(C)C(=O)c2cc(C3CC3)nc3c2c(C)nn3-c2ccccn2)cc1. The van der Waals surface area contributed by atoms with Gasteiger partial charge in [0.05, 0.1) is 16.6 Å². The highest BCUT2D eigenvalue weighted by Gasteiger charge is 2.30. The predicted octanol–water partition coefficient (Wildman–Crippen LogP) is 3.63. The zero-order valence-electron chi connectivity index (χ0n) is 19.4. The fourth-order valence-corrected chi connectivity index (χ4v) is 4.16. The molecule has 5 rings (SSSR count). The van der Waals surface area contributed by atoms with E-state index < -0.39 is 0 Å². The summed E-state index contributed by atoms with van der Waals surface area (Å²) in [5.41, 5.74) is 4.46. The number of aromatic nitrogens is 4. The van der Waals surface area contributed by atoms with Crippen LogP contribution in [0.3, 0.4) is 0 Å². The van der Waals surface area contributed by atoms with Crippen LogP contribution in [-0.2, 0) is 6.54 Å². The van der Waals surface area contributed by atoms with E-state index in [0.717, 1.165) is 35.2 Å². The molecule has 2 amide bonds. The Balaban J connectivity index is 1.51. The molecule has 8 heteroatoms. The molecule has 0 unspecified atom stereocenters. The van der Waals surface area contributed by atoms with Gasteiger partial charge in [0.1, 0.15) is 0 Å². The highest BCUT2D eigenvalue weighted by molar-refractivity contribution is 6.06. The van der Waals surface area contributed by atoms with Crippen LogP contribution in [0.5, 0.6) is 0 Å². The first kappa shape index (κ1) is 21.8. The lowest BCUT2D eigenvalue weighted by Crippen LogP contribution is -2.27. The predicted molar refractivity (Wildman–Crippen MR) is 129 cm³/mol. The highest BCUT2D eigenvalue weighted by Crippen LogP contribution is 2.40. The van der Waals surface area contributed by atoms with E-state index in [0.29, 0.717) is 35.1 Å². The van der Waals surface area contributed by atoms with Crippen molar-refractivity contribution in [3.05, 3.63) is 82.8 Å². The first-order valence-electron chi connectivity index (χ1n) is 11.3. The zero-order valence-corrected chi connectivity index (χ0v) is 19.4. The number of carbonyl (C=O) groups excluding carboxylic acids is 2. The van der Waals surface area contributed by atoms with Crippen molar-refractivity contribution in [2.75, 3.05) is 14.1 Å².